The van der Waals surface area contributed by atoms with Crippen LogP contribution in [-0.4, -0.2) is 66.8 Å². The summed E-state index contributed by atoms with van der Waals surface area (Å²) in [5.41, 5.74) is 0.734. The monoisotopic (exact) mass is 296 g/mol. The van der Waals surface area contributed by atoms with Crippen molar-refractivity contribution in [1.29, 1.82) is 0 Å². The van der Waals surface area contributed by atoms with Crippen LogP contribution in [-0.2, 0) is 0 Å². The minimum atomic E-state index is -1.42. The number of piperidine rings is 1. The Kier molecular flexibility index (Phi) is 3.70. The van der Waals surface area contributed by atoms with Crippen molar-refractivity contribution >= 4 is 22.6 Å². The molecule has 0 saturated carbocycles. The Morgan fingerprint density at radius 2 is 1.70 bits per heavy atom. The number of aliphatic imine (C=N–C) groups is 1. The van der Waals surface area contributed by atoms with Gasteiger partial charge in [-0.15, -0.1) is 0 Å². The van der Waals surface area contributed by atoms with E-state index < -0.39 is 30.6 Å². The topological polar surface area (TPSA) is 96.5 Å². The van der Waals surface area contributed by atoms with E-state index >= 15 is 0 Å². The quantitative estimate of drug-likeness (QED) is 0.558. The fourth-order valence-electron chi connectivity index (χ4n) is 2.50. The van der Waals surface area contributed by atoms with Crippen molar-refractivity contribution in [2.45, 2.75) is 30.6 Å². The average Bonchev–Trinajstić information content (AvgIpc) is 2.88. The molecular weight excluding hydrogens is 280 g/mol. The number of hydrogen-bond acceptors (Lipinski definition) is 6. The first kappa shape index (κ1) is 13.8. The van der Waals surface area contributed by atoms with E-state index in [-0.39, 0.29) is 0 Å². The fourth-order valence-corrected chi connectivity index (χ4v) is 3.74. The van der Waals surface area contributed by atoms with Crippen molar-refractivity contribution in [3.8, 4) is 0 Å². The van der Waals surface area contributed by atoms with Crippen LogP contribution in [0.1, 0.15) is 0 Å². The van der Waals surface area contributed by atoms with Crippen molar-refractivity contribution in [3.05, 3.63) is 30.3 Å². The molecule has 2 fully saturated rings. The number of para-hydroxylation sites is 1. The Labute approximate surface area is 120 Å². The van der Waals surface area contributed by atoms with E-state index in [0.29, 0.717) is 10.9 Å². The normalized spacial score (nSPS) is 39.1. The number of nitrogens with zero attached hydrogens (tertiary/aromatic N) is 2. The second-order valence-electron chi connectivity index (χ2n) is 4.90. The summed E-state index contributed by atoms with van der Waals surface area (Å²) in [5.74, 6) is 0.508. The van der Waals surface area contributed by atoms with Crippen molar-refractivity contribution in [3.63, 3.8) is 0 Å². The lowest BCUT2D eigenvalue weighted by Crippen LogP contribution is -2.65. The summed E-state index contributed by atoms with van der Waals surface area (Å²) in [6, 6.07) is 8.81. The zero-order valence-electron chi connectivity index (χ0n) is 10.6. The van der Waals surface area contributed by atoms with Crippen molar-refractivity contribution in [2.75, 3.05) is 5.75 Å². The maximum absolute atomic E-state index is 10.1. The maximum atomic E-state index is 10.1. The standard InChI is InChI=1S/C13H16N2O4S/c16-9-8-6-20-13(14-7-4-2-1-3-5-7)15(8)12(19)11(18)10(9)17/h1-5,8-12,16-19H,6H2/t8-,9+,10+,11-,12-/m1/s1. The summed E-state index contributed by atoms with van der Waals surface area (Å²) >= 11 is 1.39. The first-order chi connectivity index (χ1) is 9.59. The number of thioether (sulfide) groups is 1. The van der Waals surface area contributed by atoms with Crippen LogP contribution < -0.4 is 0 Å². The fraction of sp³-hybridized carbons (Fsp3) is 0.462. The van der Waals surface area contributed by atoms with Gasteiger partial charge >= 0.3 is 0 Å². The minimum absolute atomic E-state index is 0.448. The third kappa shape index (κ3) is 2.21. The number of aliphatic hydroxyl groups excluding tert-OH is 4. The van der Waals surface area contributed by atoms with Crippen LogP contribution in [0.5, 0.6) is 0 Å². The molecule has 1 aromatic carbocycles. The molecule has 6 nitrogen and oxygen atoms in total. The molecule has 2 aliphatic heterocycles. The van der Waals surface area contributed by atoms with Crippen molar-refractivity contribution < 1.29 is 20.4 Å². The largest absolute Gasteiger partial charge is 0.388 e. The summed E-state index contributed by atoms with van der Waals surface area (Å²) in [5, 5.41) is 40.1. The van der Waals surface area contributed by atoms with Crippen LogP contribution in [0.15, 0.2) is 35.3 Å². The molecule has 0 unspecified atom stereocenters. The third-order valence-corrected chi connectivity index (χ3v) is 4.70. The van der Waals surface area contributed by atoms with E-state index in [1.165, 1.54) is 16.7 Å². The highest BCUT2D eigenvalue weighted by Gasteiger charge is 2.51. The average molecular weight is 296 g/mol. The van der Waals surface area contributed by atoms with Gasteiger partial charge in [0.1, 0.15) is 18.3 Å². The summed E-state index contributed by atoms with van der Waals surface area (Å²) in [7, 11) is 0. The number of aliphatic hydroxyl groups is 4. The molecule has 0 aliphatic carbocycles. The number of fused-ring (bicyclic) bond motifs is 1. The highest BCUT2D eigenvalue weighted by atomic mass is 32.2. The Morgan fingerprint density at radius 1 is 1.00 bits per heavy atom. The molecule has 108 valence electrons. The molecule has 0 radical (unpaired) electrons. The highest BCUT2D eigenvalue weighted by molar-refractivity contribution is 8.14. The van der Waals surface area contributed by atoms with E-state index in [9.17, 15) is 20.4 Å². The summed E-state index contributed by atoms with van der Waals surface area (Å²) in [6.07, 6.45) is -5.14. The van der Waals surface area contributed by atoms with Gasteiger partial charge in [0, 0.05) is 5.75 Å². The summed E-state index contributed by atoms with van der Waals surface area (Å²) in [6.45, 7) is 0. The molecule has 3 rings (SSSR count). The molecule has 0 spiro atoms. The molecule has 2 saturated heterocycles. The Morgan fingerprint density at radius 3 is 2.40 bits per heavy atom. The van der Waals surface area contributed by atoms with E-state index in [0.717, 1.165) is 5.69 Å². The van der Waals surface area contributed by atoms with Gasteiger partial charge in [0.15, 0.2) is 11.4 Å². The van der Waals surface area contributed by atoms with E-state index in [1.807, 2.05) is 30.3 Å². The third-order valence-electron chi connectivity index (χ3n) is 3.63. The Bertz CT molecular complexity index is 512. The van der Waals surface area contributed by atoms with Crippen LogP contribution in [0, 0.1) is 0 Å². The molecule has 4 N–H and O–H groups in total. The molecule has 20 heavy (non-hydrogen) atoms. The second kappa shape index (κ2) is 5.34. The van der Waals surface area contributed by atoms with Gasteiger partial charge in [0.2, 0.25) is 0 Å². The first-order valence-electron chi connectivity index (χ1n) is 6.37. The molecule has 2 aliphatic rings. The van der Waals surface area contributed by atoms with Crippen LogP contribution in [0.4, 0.5) is 5.69 Å². The Hall–Kier alpha value is -1.12. The minimum Gasteiger partial charge on any atom is -0.388 e. The molecule has 7 heteroatoms. The molecule has 1 aromatic rings. The second-order valence-corrected chi connectivity index (χ2v) is 5.89. The zero-order chi connectivity index (χ0) is 14.3. The van der Waals surface area contributed by atoms with Gasteiger partial charge in [0.25, 0.3) is 0 Å². The van der Waals surface area contributed by atoms with Gasteiger partial charge in [-0.1, -0.05) is 30.0 Å². The molecule has 0 bridgehead atoms. The first-order valence-corrected chi connectivity index (χ1v) is 7.35. The van der Waals surface area contributed by atoms with Crippen LogP contribution in [0.3, 0.4) is 0 Å². The molecular formula is C13H16N2O4S. The van der Waals surface area contributed by atoms with Gasteiger partial charge in [0.05, 0.1) is 11.7 Å². The molecule has 2 heterocycles. The van der Waals surface area contributed by atoms with Gasteiger partial charge in [-0.3, -0.25) is 0 Å². The highest BCUT2D eigenvalue weighted by Crippen LogP contribution is 2.35. The van der Waals surface area contributed by atoms with E-state index in [1.54, 1.807) is 0 Å². The molecule has 5 atom stereocenters. The van der Waals surface area contributed by atoms with Gasteiger partial charge in [-0.05, 0) is 12.1 Å². The lowest BCUT2D eigenvalue weighted by atomic mass is 9.94. The van der Waals surface area contributed by atoms with Crippen molar-refractivity contribution in [2.24, 2.45) is 4.99 Å². The number of hydrogen-bond donors (Lipinski definition) is 4. The van der Waals surface area contributed by atoms with Gasteiger partial charge < -0.3 is 25.3 Å². The lowest BCUT2D eigenvalue weighted by Gasteiger charge is -2.43. The maximum Gasteiger partial charge on any atom is 0.166 e. The predicted octanol–water partition coefficient (Wildman–Crippen LogP) is -0.494. The van der Waals surface area contributed by atoms with Crippen molar-refractivity contribution in [1.82, 2.24) is 4.90 Å². The lowest BCUT2D eigenvalue weighted by molar-refractivity contribution is -0.190. The Balaban J connectivity index is 1.91. The molecule has 0 amide bonds. The number of benzene rings is 1. The van der Waals surface area contributed by atoms with Crippen LogP contribution >= 0.6 is 11.8 Å². The van der Waals surface area contributed by atoms with E-state index in [2.05, 4.69) is 4.99 Å². The van der Waals surface area contributed by atoms with Crippen LogP contribution in [0.2, 0.25) is 0 Å². The predicted molar refractivity (Wildman–Crippen MR) is 75.6 cm³/mol. The zero-order valence-corrected chi connectivity index (χ0v) is 11.4. The number of amidine groups is 1. The molecule has 0 aromatic heterocycles. The van der Waals surface area contributed by atoms with Gasteiger partial charge in [-0.2, -0.15) is 0 Å². The smallest absolute Gasteiger partial charge is 0.166 e. The summed E-state index contributed by atoms with van der Waals surface area (Å²) in [4.78, 5) is 5.91. The van der Waals surface area contributed by atoms with E-state index in [4.69, 9.17) is 0 Å². The SMILES string of the molecule is O[C@@H]1[C@@H](O)[C@@H](O)N2C(=Nc3ccccc3)SC[C@@H]2[C@@H]1O. The summed E-state index contributed by atoms with van der Waals surface area (Å²) < 4.78 is 0. The number of rotatable bonds is 1. The van der Waals surface area contributed by atoms with Crippen LogP contribution in [0.25, 0.3) is 0 Å². The van der Waals surface area contributed by atoms with Gasteiger partial charge in [-0.25, -0.2) is 4.99 Å².